The predicted octanol–water partition coefficient (Wildman–Crippen LogP) is 3.73. The van der Waals surface area contributed by atoms with Crippen LogP contribution in [0.2, 0.25) is 0 Å². The predicted molar refractivity (Wildman–Crippen MR) is 156 cm³/mol. The summed E-state index contributed by atoms with van der Waals surface area (Å²) in [6.45, 7) is 4.35. The molecule has 3 aromatic carbocycles. The molecule has 39 heavy (non-hydrogen) atoms. The molecule has 10 nitrogen and oxygen atoms in total. The van der Waals surface area contributed by atoms with Gasteiger partial charge in [0.05, 0.1) is 22.2 Å². The summed E-state index contributed by atoms with van der Waals surface area (Å²) in [5, 5.41) is 6.29. The molecule has 0 saturated carbocycles. The second-order valence-electron chi connectivity index (χ2n) is 9.87. The number of carbonyl (C=O) groups is 1. The van der Waals surface area contributed by atoms with Gasteiger partial charge in [-0.15, -0.1) is 0 Å². The summed E-state index contributed by atoms with van der Waals surface area (Å²) in [5.41, 5.74) is 11.6. The van der Waals surface area contributed by atoms with E-state index in [1.54, 1.807) is 18.2 Å². The van der Waals surface area contributed by atoms with Gasteiger partial charge in [0.15, 0.2) is 0 Å². The van der Waals surface area contributed by atoms with E-state index in [0.717, 1.165) is 48.5 Å². The van der Waals surface area contributed by atoms with Gasteiger partial charge in [-0.3, -0.25) is 4.79 Å². The van der Waals surface area contributed by atoms with E-state index >= 15 is 0 Å². The van der Waals surface area contributed by atoms with E-state index in [1.807, 2.05) is 36.4 Å². The number of urea groups is 1. The van der Waals surface area contributed by atoms with Crippen LogP contribution in [0.5, 0.6) is 0 Å². The molecule has 0 spiro atoms. The number of H-pyrrole nitrogens is 2. The fraction of sp³-hybridized carbons (Fsp3) is 0.207. The van der Waals surface area contributed by atoms with Gasteiger partial charge in [-0.1, -0.05) is 30.3 Å². The van der Waals surface area contributed by atoms with E-state index < -0.39 is 0 Å². The first kappa shape index (κ1) is 24.5. The van der Waals surface area contributed by atoms with Crippen molar-refractivity contribution in [2.24, 2.45) is 0 Å². The average molecular weight is 523 g/mol. The average Bonchev–Trinajstić information content (AvgIpc) is 3.36. The lowest BCUT2D eigenvalue weighted by molar-refractivity contribution is 0.251. The quantitative estimate of drug-likeness (QED) is 0.239. The van der Waals surface area contributed by atoms with Crippen LogP contribution in [0.25, 0.3) is 33.3 Å². The number of nitrogens with one attached hydrogen (secondary N) is 4. The van der Waals surface area contributed by atoms with E-state index in [9.17, 15) is 9.59 Å². The van der Waals surface area contributed by atoms with Crippen molar-refractivity contribution >= 4 is 45.0 Å². The SMILES string of the molecule is CN1CCN(c2ccc3nc(-c4c(N)c5cc(NC(=O)NCc6ccccc6)ccc5[nH]c4=O)[nH]c3c2)CC1. The van der Waals surface area contributed by atoms with Crippen molar-refractivity contribution in [3.8, 4) is 11.4 Å². The number of benzene rings is 3. The number of pyridine rings is 1. The van der Waals surface area contributed by atoms with Crippen LogP contribution in [0.15, 0.2) is 71.5 Å². The van der Waals surface area contributed by atoms with Gasteiger partial charge in [0, 0.05) is 49.5 Å². The summed E-state index contributed by atoms with van der Waals surface area (Å²) in [7, 11) is 2.13. The van der Waals surface area contributed by atoms with E-state index in [4.69, 9.17) is 5.73 Å². The molecule has 3 heterocycles. The normalized spacial score (nSPS) is 14.1. The van der Waals surface area contributed by atoms with Crippen molar-refractivity contribution in [2.75, 3.05) is 49.2 Å². The highest BCUT2D eigenvalue weighted by atomic mass is 16.2. The van der Waals surface area contributed by atoms with Crippen LogP contribution in [-0.2, 0) is 6.54 Å². The lowest BCUT2D eigenvalue weighted by Crippen LogP contribution is -2.44. The lowest BCUT2D eigenvalue weighted by atomic mass is 10.1. The Kier molecular flexibility index (Phi) is 6.37. The van der Waals surface area contributed by atoms with Crippen molar-refractivity contribution in [2.45, 2.75) is 6.54 Å². The largest absolute Gasteiger partial charge is 0.397 e. The highest BCUT2D eigenvalue weighted by Crippen LogP contribution is 2.31. The Morgan fingerprint density at radius 2 is 1.77 bits per heavy atom. The van der Waals surface area contributed by atoms with Crippen LogP contribution in [0.1, 0.15) is 5.56 Å². The van der Waals surface area contributed by atoms with E-state index in [-0.39, 0.29) is 17.2 Å². The summed E-state index contributed by atoms with van der Waals surface area (Å²) in [6, 6.07) is 20.6. The lowest BCUT2D eigenvalue weighted by Gasteiger charge is -2.34. The molecule has 0 aliphatic carbocycles. The van der Waals surface area contributed by atoms with Crippen molar-refractivity contribution in [1.82, 2.24) is 25.2 Å². The number of piperazine rings is 1. The van der Waals surface area contributed by atoms with Crippen molar-refractivity contribution in [3.63, 3.8) is 0 Å². The molecule has 1 saturated heterocycles. The Labute approximate surface area is 224 Å². The molecule has 1 fully saturated rings. The Bertz CT molecular complexity index is 1720. The molecular formula is C29H30N8O2. The maximum atomic E-state index is 13.1. The van der Waals surface area contributed by atoms with Crippen LogP contribution in [0.4, 0.5) is 21.9 Å². The van der Waals surface area contributed by atoms with Crippen molar-refractivity contribution < 1.29 is 4.79 Å². The molecule has 1 aliphatic heterocycles. The van der Waals surface area contributed by atoms with E-state index in [2.05, 4.69) is 54.6 Å². The van der Waals surface area contributed by atoms with E-state index in [0.29, 0.717) is 34.6 Å². The third-order valence-corrected chi connectivity index (χ3v) is 7.18. The topological polar surface area (TPSA) is 135 Å². The molecule has 6 rings (SSSR count). The molecule has 0 radical (unpaired) electrons. The zero-order valence-electron chi connectivity index (χ0n) is 21.6. The Morgan fingerprint density at radius 1 is 0.974 bits per heavy atom. The Balaban J connectivity index is 1.27. The van der Waals surface area contributed by atoms with Gasteiger partial charge in [0.2, 0.25) is 0 Å². The van der Waals surface area contributed by atoms with Crippen LogP contribution in [-0.4, -0.2) is 59.1 Å². The molecule has 10 heteroatoms. The number of hydrogen-bond donors (Lipinski definition) is 5. The molecule has 2 aromatic heterocycles. The Hall–Kier alpha value is -4.83. The fourth-order valence-corrected chi connectivity index (χ4v) is 4.96. The number of fused-ring (bicyclic) bond motifs is 2. The zero-order valence-corrected chi connectivity index (χ0v) is 21.6. The van der Waals surface area contributed by atoms with Gasteiger partial charge in [-0.05, 0) is 49.0 Å². The summed E-state index contributed by atoms with van der Waals surface area (Å²) in [6.07, 6.45) is 0. The number of likely N-dealkylation sites (N-methyl/N-ethyl adjacent to an activating group) is 1. The van der Waals surface area contributed by atoms with Gasteiger partial charge < -0.3 is 36.1 Å². The number of nitrogens with zero attached hydrogens (tertiary/aromatic N) is 3. The van der Waals surface area contributed by atoms with Crippen molar-refractivity contribution in [1.29, 1.82) is 0 Å². The van der Waals surface area contributed by atoms with Crippen LogP contribution in [0.3, 0.4) is 0 Å². The minimum atomic E-state index is -0.338. The van der Waals surface area contributed by atoms with E-state index in [1.165, 1.54) is 0 Å². The zero-order chi connectivity index (χ0) is 26.9. The highest BCUT2D eigenvalue weighted by molar-refractivity contribution is 6.01. The maximum Gasteiger partial charge on any atom is 0.319 e. The molecular weight excluding hydrogens is 492 g/mol. The second kappa shape index (κ2) is 10.1. The van der Waals surface area contributed by atoms with Gasteiger partial charge >= 0.3 is 6.03 Å². The second-order valence-corrected chi connectivity index (χ2v) is 9.87. The minimum absolute atomic E-state index is 0.269. The number of aromatic nitrogens is 3. The molecule has 198 valence electrons. The third-order valence-electron chi connectivity index (χ3n) is 7.18. The summed E-state index contributed by atoms with van der Waals surface area (Å²) in [5.74, 6) is 0.403. The number of carbonyl (C=O) groups excluding carboxylic acids is 1. The number of rotatable bonds is 5. The highest BCUT2D eigenvalue weighted by Gasteiger charge is 2.19. The minimum Gasteiger partial charge on any atom is -0.397 e. The number of amides is 2. The van der Waals surface area contributed by atoms with Crippen molar-refractivity contribution in [3.05, 3.63) is 82.6 Å². The van der Waals surface area contributed by atoms with Gasteiger partial charge in [0.1, 0.15) is 11.4 Å². The number of anilines is 3. The maximum absolute atomic E-state index is 13.1. The first-order valence-electron chi connectivity index (χ1n) is 12.9. The summed E-state index contributed by atoms with van der Waals surface area (Å²) >= 11 is 0. The number of hydrogen-bond acceptors (Lipinski definition) is 6. The molecule has 0 bridgehead atoms. The third kappa shape index (κ3) is 5.01. The number of nitrogen functional groups attached to an aromatic ring is 1. The standard InChI is InChI=1S/C29H30N8O2/c1-36-11-13-37(14-12-36)20-8-10-23-24(16-20)34-27(33-23)25-26(30)21-15-19(7-9-22(21)35-28(25)38)32-29(39)31-17-18-5-3-2-4-6-18/h2-10,15-16H,11-14,17H2,1H3,(H,33,34)(H3,30,35,38)(H2,31,32,39). The monoisotopic (exact) mass is 522 g/mol. The number of imidazole rings is 1. The summed E-state index contributed by atoms with van der Waals surface area (Å²) < 4.78 is 0. The molecule has 0 atom stereocenters. The van der Waals surface area contributed by atoms with Crippen LogP contribution >= 0.6 is 0 Å². The molecule has 1 aliphatic rings. The smallest absolute Gasteiger partial charge is 0.319 e. The summed E-state index contributed by atoms with van der Waals surface area (Å²) in [4.78, 5) is 41.1. The molecule has 2 amide bonds. The fourth-order valence-electron chi connectivity index (χ4n) is 4.96. The van der Waals surface area contributed by atoms with Gasteiger partial charge in [0.25, 0.3) is 5.56 Å². The van der Waals surface area contributed by atoms with Crippen LogP contribution in [0, 0.1) is 0 Å². The molecule has 6 N–H and O–H groups in total. The first-order valence-corrected chi connectivity index (χ1v) is 12.9. The number of nitrogens with two attached hydrogens (primary N) is 1. The molecule has 5 aromatic rings. The van der Waals surface area contributed by atoms with Crippen LogP contribution < -0.4 is 26.8 Å². The number of aromatic amines is 2. The first-order chi connectivity index (χ1) is 18.9. The Morgan fingerprint density at radius 3 is 2.56 bits per heavy atom. The molecule has 0 unspecified atom stereocenters. The van der Waals surface area contributed by atoms with Gasteiger partial charge in [-0.25, -0.2) is 9.78 Å². The van der Waals surface area contributed by atoms with Gasteiger partial charge in [-0.2, -0.15) is 0 Å².